The Labute approximate surface area is 88.9 Å². The van der Waals surface area contributed by atoms with E-state index in [1.54, 1.807) is 12.3 Å². The Morgan fingerprint density at radius 1 is 1.47 bits per heavy atom. The first kappa shape index (κ1) is 10.4. The molecule has 1 N–H and O–H groups in total. The molecular formula is C11H15NO3. The van der Waals surface area contributed by atoms with Crippen LogP contribution in [0.4, 0.5) is 0 Å². The predicted octanol–water partition coefficient (Wildman–Crippen LogP) is 1.09. The van der Waals surface area contributed by atoms with Gasteiger partial charge in [0.05, 0.1) is 19.3 Å². The van der Waals surface area contributed by atoms with E-state index in [4.69, 9.17) is 9.47 Å². The monoisotopic (exact) mass is 209 g/mol. The molecule has 0 saturated carbocycles. The zero-order valence-electron chi connectivity index (χ0n) is 8.93. The summed E-state index contributed by atoms with van der Waals surface area (Å²) in [5, 5.41) is 9.95. The molecule has 82 valence electrons. The Bertz CT molecular complexity index is 330. The van der Waals surface area contributed by atoms with Crippen molar-refractivity contribution in [1.29, 1.82) is 0 Å². The SMILES string of the molecule is CC(C)Oc1ccc(C2(O)COC2)cn1. The van der Waals surface area contributed by atoms with Crippen LogP contribution in [-0.4, -0.2) is 29.4 Å². The van der Waals surface area contributed by atoms with Crippen LogP contribution in [0.3, 0.4) is 0 Å². The van der Waals surface area contributed by atoms with Gasteiger partial charge in [-0.1, -0.05) is 0 Å². The highest BCUT2D eigenvalue weighted by Gasteiger charge is 2.38. The van der Waals surface area contributed by atoms with Gasteiger partial charge in [0.25, 0.3) is 0 Å². The molecule has 1 aliphatic rings. The summed E-state index contributed by atoms with van der Waals surface area (Å²) in [7, 11) is 0. The van der Waals surface area contributed by atoms with Crippen molar-refractivity contribution in [2.24, 2.45) is 0 Å². The maximum absolute atomic E-state index is 9.95. The Hall–Kier alpha value is -1.13. The topological polar surface area (TPSA) is 51.6 Å². The van der Waals surface area contributed by atoms with E-state index in [0.29, 0.717) is 19.1 Å². The van der Waals surface area contributed by atoms with E-state index >= 15 is 0 Å². The number of pyridine rings is 1. The minimum atomic E-state index is -0.844. The first-order chi connectivity index (χ1) is 7.10. The third kappa shape index (κ3) is 2.11. The van der Waals surface area contributed by atoms with Crippen molar-refractivity contribution < 1.29 is 14.6 Å². The van der Waals surface area contributed by atoms with Crippen molar-refractivity contribution in [3.63, 3.8) is 0 Å². The molecule has 15 heavy (non-hydrogen) atoms. The number of aromatic nitrogens is 1. The van der Waals surface area contributed by atoms with E-state index < -0.39 is 5.60 Å². The molecule has 1 fully saturated rings. The van der Waals surface area contributed by atoms with Gasteiger partial charge in [-0.2, -0.15) is 0 Å². The fourth-order valence-electron chi connectivity index (χ4n) is 1.43. The molecule has 1 saturated heterocycles. The normalized spacial score (nSPS) is 18.7. The number of hydrogen-bond donors (Lipinski definition) is 1. The highest BCUT2D eigenvalue weighted by Crippen LogP contribution is 2.29. The number of nitrogens with zero attached hydrogens (tertiary/aromatic N) is 1. The van der Waals surface area contributed by atoms with Gasteiger partial charge < -0.3 is 14.6 Å². The molecule has 4 nitrogen and oxygen atoms in total. The van der Waals surface area contributed by atoms with Crippen molar-refractivity contribution in [2.45, 2.75) is 25.6 Å². The molecule has 4 heteroatoms. The summed E-state index contributed by atoms with van der Waals surface area (Å²) in [5.41, 5.74) is -0.0616. The van der Waals surface area contributed by atoms with E-state index in [2.05, 4.69) is 4.98 Å². The molecule has 0 aliphatic carbocycles. The summed E-state index contributed by atoms with van der Waals surface area (Å²) in [6, 6.07) is 3.60. The summed E-state index contributed by atoms with van der Waals surface area (Å²) in [6.45, 7) is 4.59. The van der Waals surface area contributed by atoms with E-state index in [-0.39, 0.29) is 6.10 Å². The smallest absolute Gasteiger partial charge is 0.213 e. The first-order valence-electron chi connectivity index (χ1n) is 5.03. The van der Waals surface area contributed by atoms with Crippen LogP contribution in [0.1, 0.15) is 19.4 Å². The van der Waals surface area contributed by atoms with Crippen molar-refractivity contribution in [2.75, 3.05) is 13.2 Å². The Balaban J connectivity index is 2.10. The second kappa shape index (κ2) is 3.79. The summed E-state index contributed by atoms with van der Waals surface area (Å²) >= 11 is 0. The third-order valence-corrected chi connectivity index (χ3v) is 2.31. The lowest BCUT2D eigenvalue weighted by Gasteiger charge is -2.36. The maximum atomic E-state index is 9.95. The molecular weight excluding hydrogens is 194 g/mol. The fourth-order valence-corrected chi connectivity index (χ4v) is 1.43. The number of aliphatic hydroxyl groups is 1. The number of rotatable bonds is 3. The van der Waals surface area contributed by atoms with Gasteiger partial charge in [-0.25, -0.2) is 4.98 Å². The summed E-state index contributed by atoms with van der Waals surface area (Å²) in [6.07, 6.45) is 1.75. The summed E-state index contributed by atoms with van der Waals surface area (Å²) < 4.78 is 10.4. The largest absolute Gasteiger partial charge is 0.475 e. The lowest BCUT2D eigenvalue weighted by atomic mass is 9.94. The van der Waals surface area contributed by atoms with Gasteiger partial charge in [-0.05, 0) is 19.9 Å². The van der Waals surface area contributed by atoms with E-state index in [1.807, 2.05) is 19.9 Å². The van der Waals surface area contributed by atoms with Crippen LogP contribution in [0, 0.1) is 0 Å². The lowest BCUT2D eigenvalue weighted by Crippen LogP contribution is -2.46. The van der Waals surface area contributed by atoms with Crippen molar-refractivity contribution in [3.8, 4) is 5.88 Å². The zero-order valence-corrected chi connectivity index (χ0v) is 8.93. The van der Waals surface area contributed by atoms with Crippen molar-refractivity contribution in [3.05, 3.63) is 23.9 Å². The summed E-state index contributed by atoms with van der Waals surface area (Å²) in [4.78, 5) is 4.13. The van der Waals surface area contributed by atoms with Crippen LogP contribution in [-0.2, 0) is 10.3 Å². The zero-order chi connectivity index (χ0) is 10.9. The average Bonchev–Trinajstić information content (AvgIpc) is 2.14. The van der Waals surface area contributed by atoms with Gasteiger partial charge in [0.15, 0.2) is 0 Å². The van der Waals surface area contributed by atoms with E-state index in [1.165, 1.54) is 0 Å². The molecule has 1 aromatic rings. The minimum Gasteiger partial charge on any atom is -0.475 e. The standard InChI is InChI=1S/C11H15NO3/c1-8(2)15-10-4-3-9(5-12-10)11(13)6-14-7-11/h3-5,8,13H,6-7H2,1-2H3. The molecule has 2 rings (SSSR count). The van der Waals surface area contributed by atoms with Crippen LogP contribution < -0.4 is 4.74 Å². The summed E-state index contributed by atoms with van der Waals surface area (Å²) in [5.74, 6) is 0.581. The molecule has 0 unspecified atom stereocenters. The number of ether oxygens (including phenoxy) is 2. The number of hydrogen-bond acceptors (Lipinski definition) is 4. The van der Waals surface area contributed by atoms with Gasteiger partial charge in [0.2, 0.25) is 5.88 Å². The van der Waals surface area contributed by atoms with Gasteiger partial charge in [0, 0.05) is 17.8 Å². The molecule has 0 radical (unpaired) electrons. The Morgan fingerprint density at radius 2 is 2.20 bits per heavy atom. The quantitative estimate of drug-likeness (QED) is 0.809. The van der Waals surface area contributed by atoms with Gasteiger partial charge in [-0.15, -0.1) is 0 Å². The third-order valence-electron chi connectivity index (χ3n) is 2.31. The van der Waals surface area contributed by atoms with Gasteiger partial charge in [-0.3, -0.25) is 0 Å². The van der Waals surface area contributed by atoms with E-state index in [0.717, 1.165) is 5.56 Å². The first-order valence-corrected chi connectivity index (χ1v) is 5.03. The average molecular weight is 209 g/mol. The van der Waals surface area contributed by atoms with Crippen LogP contribution in [0.25, 0.3) is 0 Å². The fraction of sp³-hybridized carbons (Fsp3) is 0.545. The molecule has 0 bridgehead atoms. The molecule has 1 aliphatic heterocycles. The van der Waals surface area contributed by atoms with Gasteiger partial charge >= 0.3 is 0 Å². The molecule has 0 aromatic carbocycles. The maximum Gasteiger partial charge on any atom is 0.213 e. The van der Waals surface area contributed by atoms with Crippen LogP contribution >= 0.6 is 0 Å². The Morgan fingerprint density at radius 3 is 2.60 bits per heavy atom. The van der Waals surface area contributed by atoms with Crippen LogP contribution in [0.15, 0.2) is 18.3 Å². The van der Waals surface area contributed by atoms with E-state index in [9.17, 15) is 5.11 Å². The molecule has 0 atom stereocenters. The predicted molar refractivity (Wildman–Crippen MR) is 54.7 cm³/mol. The highest BCUT2D eigenvalue weighted by molar-refractivity contribution is 5.25. The lowest BCUT2D eigenvalue weighted by molar-refractivity contribution is -0.184. The molecule has 0 spiro atoms. The highest BCUT2D eigenvalue weighted by atomic mass is 16.5. The molecule has 1 aromatic heterocycles. The minimum absolute atomic E-state index is 0.110. The second-order valence-corrected chi connectivity index (χ2v) is 4.08. The molecule has 2 heterocycles. The second-order valence-electron chi connectivity index (χ2n) is 4.08. The Kier molecular flexibility index (Phi) is 2.63. The molecule has 0 amide bonds. The van der Waals surface area contributed by atoms with Crippen LogP contribution in [0.2, 0.25) is 0 Å². The van der Waals surface area contributed by atoms with Gasteiger partial charge in [0.1, 0.15) is 5.60 Å². The van der Waals surface area contributed by atoms with Crippen LogP contribution in [0.5, 0.6) is 5.88 Å². The van der Waals surface area contributed by atoms with Crippen molar-refractivity contribution in [1.82, 2.24) is 4.98 Å². The van der Waals surface area contributed by atoms with Crippen molar-refractivity contribution >= 4 is 0 Å².